The molecule has 5 rings (SSSR count). The fourth-order valence-corrected chi connectivity index (χ4v) is 5.15. The number of carbonyl (C=O) groups excluding carboxylic acids is 2. The zero-order chi connectivity index (χ0) is 27.7. The molecule has 39 heavy (non-hydrogen) atoms. The Morgan fingerprint density at radius 3 is 2.67 bits per heavy atom. The first-order chi connectivity index (χ1) is 18.7. The predicted molar refractivity (Wildman–Crippen MR) is 145 cm³/mol. The van der Waals surface area contributed by atoms with Crippen molar-refractivity contribution in [3.8, 4) is 11.1 Å². The van der Waals surface area contributed by atoms with E-state index in [1.807, 2.05) is 18.2 Å². The highest BCUT2D eigenvalue weighted by atomic mass is 79.9. The lowest BCUT2D eigenvalue weighted by atomic mass is 10.0. The molecule has 10 nitrogen and oxygen atoms in total. The smallest absolute Gasteiger partial charge is 0.245 e. The number of hydrogen-bond donors (Lipinski definition) is 1. The molecule has 1 fully saturated rings. The van der Waals surface area contributed by atoms with Gasteiger partial charge < -0.3 is 10.1 Å². The minimum absolute atomic E-state index is 0.00683. The Morgan fingerprint density at radius 2 is 1.95 bits per heavy atom. The van der Waals surface area contributed by atoms with E-state index in [1.165, 1.54) is 9.58 Å². The zero-order valence-electron chi connectivity index (χ0n) is 21.3. The second kappa shape index (κ2) is 11.0. The van der Waals surface area contributed by atoms with Crippen LogP contribution in [0.15, 0.2) is 58.6 Å². The van der Waals surface area contributed by atoms with Gasteiger partial charge in [0.25, 0.3) is 0 Å². The number of amides is 1. The van der Waals surface area contributed by atoms with Gasteiger partial charge in [-0.05, 0) is 59.6 Å². The minimum Gasteiger partial charge on any atom is -0.411 e. The molecule has 12 heteroatoms. The van der Waals surface area contributed by atoms with Crippen LogP contribution in [-0.4, -0.2) is 71.0 Å². The lowest BCUT2D eigenvalue weighted by Gasteiger charge is -2.23. The van der Waals surface area contributed by atoms with Crippen LogP contribution in [0.4, 0.5) is 4.39 Å². The highest BCUT2D eigenvalue weighted by Crippen LogP contribution is 2.28. The number of rotatable bonds is 7. The molecule has 4 heterocycles. The third kappa shape index (κ3) is 5.56. The Balaban J connectivity index is 1.43. The summed E-state index contributed by atoms with van der Waals surface area (Å²) in [4.78, 5) is 40.6. The normalized spacial score (nSPS) is 17.6. The van der Waals surface area contributed by atoms with Gasteiger partial charge in [0.05, 0.1) is 24.5 Å². The average molecular weight is 594 g/mol. The molecule has 1 aliphatic heterocycles. The van der Waals surface area contributed by atoms with Gasteiger partial charge in [-0.2, -0.15) is 5.10 Å². The summed E-state index contributed by atoms with van der Waals surface area (Å²) in [5.41, 5.74) is 3.45. The van der Waals surface area contributed by atoms with Crippen molar-refractivity contribution in [2.24, 2.45) is 5.16 Å². The van der Waals surface area contributed by atoms with Crippen molar-refractivity contribution in [2.75, 3.05) is 6.54 Å². The Bertz CT molecular complexity index is 1590. The van der Waals surface area contributed by atoms with Crippen LogP contribution in [-0.2, 0) is 22.6 Å². The number of ketones is 1. The molecule has 1 aliphatic rings. The average Bonchev–Trinajstić information content (AvgIpc) is 3.49. The summed E-state index contributed by atoms with van der Waals surface area (Å²) in [6, 6.07) is 9.89. The van der Waals surface area contributed by atoms with E-state index in [0.29, 0.717) is 32.7 Å². The molecule has 1 amide bonds. The van der Waals surface area contributed by atoms with Crippen molar-refractivity contribution >= 4 is 44.2 Å². The Kier molecular flexibility index (Phi) is 7.47. The number of halogens is 2. The standard InChI is InChI=1S/C27H25BrFN7O3/c1-15(34-39)27-21-8-17(18-11-30-16(2)31-12-18)6-7-22(21)36(33-27)14-26(38)35-13-19(29)9-23(35)24(37)10-20-4-3-5-25(28)32-20/h3-8,11-12,19,23,39H,9-10,13-14H2,1-2H3/b34-15+/t19-,23+/m1/s1. The van der Waals surface area contributed by atoms with Gasteiger partial charge in [0.2, 0.25) is 5.91 Å². The number of alkyl halides is 1. The van der Waals surface area contributed by atoms with Crippen molar-refractivity contribution in [1.82, 2.24) is 29.6 Å². The Morgan fingerprint density at radius 1 is 1.18 bits per heavy atom. The monoisotopic (exact) mass is 593 g/mol. The number of fused-ring (bicyclic) bond motifs is 1. The van der Waals surface area contributed by atoms with Crippen LogP contribution < -0.4 is 0 Å². The largest absolute Gasteiger partial charge is 0.411 e. The SMILES string of the molecule is C/C(=N\O)c1nn(CC(=O)N2C[C@H](F)C[C@H]2C(=O)Cc2cccc(Br)n2)c2ccc(-c3cnc(C)nc3)cc12. The first kappa shape index (κ1) is 26.5. The van der Waals surface area contributed by atoms with Crippen LogP contribution in [0.3, 0.4) is 0 Å². The van der Waals surface area contributed by atoms with Crippen LogP contribution in [0.5, 0.6) is 0 Å². The Labute approximate surface area is 231 Å². The van der Waals surface area contributed by atoms with Crippen molar-refractivity contribution in [1.29, 1.82) is 0 Å². The predicted octanol–water partition coefficient (Wildman–Crippen LogP) is 3.91. The minimum atomic E-state index is -1.30. The zero-order valence-corrected chi connectivity index (χ0v) is 22.8. The number of Topliss-reactive ketones (excluding diaryl/α,β-unsaturated/α-hetero) is 1. The number of benzene rings is 1. The second-order valence-electron chi connectivity index (χ2n) is 9.43. The highest BCUT2D eigenvalue weighted by Gasteiger charge is 2.39. The van der Waals surface area contributed by atoms with Crippen LogP contribution in [0.2, 0.25) is 0 Å². The highest BCUT2D eigenvalue weighted by molar-refractivity contribution is 9.10. The summed E-state index contributed by atoms with van der Waals surface area (Å²) in [5, 5.41) is 18.0. The Hall–Kier alpha value is -4.06. The van der Waals surface area contributed by atoms with Crippen molar-refractivity contribution in [2.45, 2.75) is 45.4 Å². The molecule has 1 aromatic carbocycles. The number of aromatic nitrogens is 5. The van der Waals surface area contributed by atoms with E-state index in [0.717, 1.165) is 11.1 Å². The van der Waals surface area contributed by atoms with Gasteiger partial charge in [0.15, 0.2) is 5.78 Å². The lowest BCUT2D eigenvalue weighted by Crippen LogP contribution is -2.43. The molecule has 1 N–H and O–H groups in total. The summed E-state index contributed by atoms with van der Waals surface area (Å²) in [7, 11) is 0. The maximum absolute atomic E-state index is 14.5. The molecular weight excluding hydrogens is 569 g/mol. The quantitative estimate of drug-likeness (QED) is 0.149. The molecule has 4 aromatic rings. The summed E-state index contributed by atoms with van der Waals surface area (Å²) >= 11 is 3.29. The molecule has 2 atom stereocenters. The van der Waals surface area contributed by atoms with Crippen molar-refractivity contribution in [3.05, 3.63) is 70.6 Å². The van der Waals surface area contributed by atoms with E-state index >= 15 is 0 Å². The number of carbonyl (C=O) groups is 2. The van der Waals surface area contributed by atoms with Crippen LogP contribution >= 0.6 is 15.9 Å². The summed E-state index contributed by atoms with van der Waals surface area (Å²) in [6.07, 6.45) is 2.07. The number of nitrogens with zero attached hydrogens (tertiary/aromatic N) is 7. The van der Waals surface area contributed by atoms with Gasteiger partial charge >= 0.3 is 0 Å². The first-order valence-corrected chi connectivity index (χ1v) is 13.1. The maximum Gasteiger partial charge on any atom is 0.245 e. The molecule has 200 valence electrons. The lowest BCUT2D eigenvalue weighted by molar-refractivity contribution is -0.138. The number of hydrogen-bond acceptors (Lipinski definition) is 8. The fourth-order valence-electron chi connectivity index (χ4n) is 4.77. The molecule has 0 unspecified atom stereocenters. The van der Waals surface area contributed by atoms with Crippen molar-refractivity contribution < 1.29 is 19.2 Å². The van der Waals surface area contributed by atoms with Gasteiger partial charge in [0, 0.05) is 35.5 Å². The summed E-state index contributed by atoms with van der Waals surface area (Å²) in [6.45, 7) is 3.03. The molecule has 0 aliphatic carbocycles. The number of aryl methyl sites for hydroxylation is 1. The number of likely N-dealkylation sites (tertiary alicyclic amines) is 1. The van der Waals surface area contributed by atoms with Gasteiger partial charge in [0.1, 0.15) is 34.5 Å². The molecule has 0 spiro atoms. The van der Waals surface area contributed by atoms with Gasteiger partial charge in [-0.3, -0.25) is 14.3 Å². The fraction of sp³-hybridized carbons (Fsp3) is 0.296. The van der Waals surface area contributed by atoms with E-state index < -0.39 is 18.1 Å². The van der Waals surface area contributed by atoms with E-state index in [2.05, 4.69) is 41.1 Å². The maximum atomic E-state index is 14.5. The van der Waals surface area contributed by atoms with Crippen LogP contribution in [0.1, 0.15) is 30.6 Å². The van der Waals surface area contributed by atoms with Crippen LogP contribution in [0, 0.1) is 6.92 Å². The number of pyridine rings is 1. The molecule has 0 bridgehead atoms. The molecule has 3 aromatic heterocycles. The van der Waals surface area contributed by atoms with E-state index in [1.54, 1.807) is 44.4 Å². The van der Waals surface area contributed by atoms with E-state index in [9.17, 15) is 19.2 Å². The number of oxime groups is 1. The summed E-state index contributed by atoms with van der Waals surface area (Å²) in [5.74, 6) is -0.0493. The first-order valence-electron chi connectivity index (χ1n) is 12.3. The van der Waals surface area contributed by atoms with Crippen LogP contribution in [0.25, 0.3) is 22.0 Å². The van der Waals surface area contributed by atoms with Gasteiger partial charge in [-0.1, -0.05) is 17.3 Å². The third-order valence-corrected chi connectivity index (χ3v) is 7.15. The molecular formula is C27H25BrFN7O3. The van der Waals surface area contributed by atoms with E-state index in [4.69, 9.17) is 0 Å². The van der Waals surface area contributed by atoms with Crippen molar-refractivity contribution in [3.63, 3.8) is 0 Å². The third-order valence-electron chi connectivity index (χ3n) is 6.71. The summed E-state index contributed by atoms with van der Waals surface area (Å²) < 4.78 is 16.6. The molecule has 0 radical (unpaired) electrons. The molecule has 1 saturated heterocycles. The van der Waals surface area contributed by atoms with E-state index in [-0.39, 0.29) is 37.4 Å². The van der Waals surface area contributed by atoms with Gasteiger partial charge in [-0.25, -0.2) is 19.3 Å². The molecule has 0 saturated carbocycles. The van der Waals surface area contributed by atoms with Gasteiger partial charge in [-0.15, -0.1) is 0 Å². The topological polar surface area (TPSA) is 126 Å². The second-order valence-corrected chi connectivity index (χ2v) is 10.2.